The third-order valence-corrected chi connectivity index (χ3v) is 12.1. The highest BCUT2D eigenvalue weighted by Crippen LogP contribution is 2.13. The summed E-state index contributed by atoms with van der Waals surface area (Å²) < 4.78 is 0. The van der Waals surface area contributed by atoms with Crippen LogP contribution >= 0.6 is 0 Å². The van der Waals surface area contributed by atoms with Crippen LogP contribution in [0.4, 0.5) is 0 Å². The Balaban J connectivity index is 1.89. The molecule has 0 aliphatic heterocycles. The summed E-state index contributed by atoms with van der Waals surface area (Å²) in [6.45, 7) is -0.963. The monoisotopic (exact) mass is 1200 g/mol. The van der Waals surface area contributed by atoms with Crippen molar-refractivity contribution in [3.05, 3.63) is 83.9 Å². The van der Waals surface area contributed by atoms with Gasteiger partial charge in [-0.25, -0.2) is 9.78 Å². The van der Waals surface area contributed by atoms with E-state index in [1.165, 1.54) is 43.7 Å². The molecule has 0 bridgehead atoms. The van der Waals surface area contributed by atoms with Gasteiger partial charge in [0.05, 0.1) is 38.4 Å². The molecular weight excluding hydrogens is 1130 g/mol. The van der Waals surface area contributed by atoms with Gasteiger partial charge in [-0.3, -0.25) is 62.5 Å². The number of hydrogen-bond acceptors (Lipinski definition) is 18. The Hall–Kier alpha value is -10.3. The average Bonchev–Trinajstić information content (AvgIpc) is 4.18. The Kier molecular flexibility index (Phi) is 28.3. The van der Waals surface area contributed by atoms with E-state index in [1.807, 2.05) is 0 Å². The van der Waals surface area contributed by atoms with Crippen LogP contribution < -0.4 is 65.1 Å². The lowest BCUT2D eigenvalue weighted by atomic mass is 10.0. The summed E-state index contributed by atoms with van der Waals surface area (Å²) >= 11 is 0. The van der Waals surface area contributed by atoms with Gasteiger partial charge in [0, 0.05) is 44.1 Å². The summed E-state index contributed by atoms with van der Waals surface area (Å²) in [6, 6.07) is -1.69. The highest BCUT2D eigenvalue weighted by Gasteiger charge is 2.36. The van der Waals surface area contributed by atoms with Gasteiger partial charge >= 0.3 is 23.9 Å². The molecule has 9 amide bonds. The van der Waals surface area contributed by atoms with E-state index < -0.39 is 177 Å². The number of nitrogens with zero attached hydrogens (tertiary/aromatic N) is 2. The fourth-order valence-corrected chi connectivity index (χ4v) is 7.70. The second kappa shape index (κ2) is 34.9. The SMILES string of the molecule is C[C@H](NC(=O)[C@@H](N)CC(=O)O)C(=O)N[C@@H](CCC(=O)O)C(=O)N[C@@H](Cc1ccccc1)C(=O)N[C@@H](CCCN=C(N)N)C(=O)N[C@@H](Cc1cnc[nH]1)C(=O)N[C@@H](CC(=O)O)C(=O)N[C@@H](CO)C(=O)NCC(=O)N[C@@H](Cc1ccc(O)cc1)C(=O)O. The number of nitrogens with one attached hydrogen (secondary N) is 10. The van der Waals surface area contributed by atoms with Gasteiger partial charge in [0.2, 0.25) is 53.2 Å². The number of carboxylic acid groups (broad SMARTS) is 4. The second-order valence-corrected chi connectivity index (χ2v) is 19.0. The van der Waals surface area contributed by atoms with Crippen LogP contribution in [0.1, 0.15) is 62.3 Å². The third-order valence-electron chi connectivity index (χ3n) is 12.1. The summed E-state index contributed by atoms with van der Waals surface area (Å²) in [5, 5.41) is 78.0. The molecule has 0 aliphatic rings. The first-order valence-corrected chi connectivity index (χ1v) is 25.9. The molecule has 1 aromatic heterocycles. The first kappa shape index (κ1) is 69.0. The first-order chi connectivity index (χ1) is 40.1. The van der Waals surface area contributed by atoms with Crippen molar-refractivity contribution in [2.45, 2.75) is 119 Å². The standard InChI is InChI=1S/C51H69N15O19/c1-25(59-43(77)30(52)19-40(72)73)42(76)61-32(13-14-39(70)71)46(80)63-33(16-26-6-3-2-4-7-26)47(81)62-31(8-5-15-56-51(53)54)45(79)64-34(18-28-21-55-24-58-28)48(82)65-35(20-41(74)75)49(83)66-37(23-67)44(78)57-22-38(69)60-36(50(84)85)17-27-9-11-29(68)12-10-27/h2-4,6-7,9-12,21,24-25,30-37,67-68H,5,8,13-20,22-23,52H2,1H3,(H,55,58)(H,57,78)(H,59,77)(H,60,69)(H,61,76)(H,62,81)(H,63,80)(H,64,79)(H,65,82)(H,66,83)(H,70,71)(H,72,73)(H,74,75)(H,84,85)(H4,53,54,56)/t25-,30-,31-,32-,33-,34-,35-,36-,37-/m0/s1. The number of H-pyrrole nitrogens is 1. The van der Waals surface area contributed by atoms with Gasteiger partial charge < -0.3 is 101 Å². The van der Waals surface area contributed by atoms with Crippen molar-refractivity contribution in [1.82, 2.24) is 57.8 Å². The zero-order chi connectivity index (χ0) is 63.3. The van der Waals surface area contributed by atoms with Crippen molar-refractivity contribution in [3.8, 4) is 5.75 Å². The van der Waals surface area contributed by atoms with Crippen molar-refractivity contribution in [2.75, 3.05) is 19.7 Å². The predicted molar refractivity (Wildman–Crippen MR) is 292 cm³/mol. The largest absolute Gasteiger partial charge is 0.508 e. The average molecular weight is 1200 g/mol. The number of phenolic OH excluding ortho intramolecular Hbond substituents is 1. The molecule has 0 unspecified atom stereocenters. The molecule has 0 fully saturated rings. The molecule has 1 heterocycles. The summed E-state index contributed by atoms with van der Waals surface area (Å²) in [4.78, 5) is 179. The van der Waals surface area contributed by atoms with Crippen molar-refractivity contribution < 1.29 is 93.0 Å². The summed E-state index contributed by atoms with van der Waals surface area (Å²) in [6.07, 6.45) is -2.01. The van der Waals surface area contributed by atoms with Gasteiger partial charge in [0.1, 0.15) is 54.1 Å². The number of imidazole rings is 1. The van der Waals surface area contributed by atoms with Crippen LogP contribution in [0.5, 0.6) is 5.75 Å². The number of aliphatic imine (C=N–C) groups is 1. The summed E-state index contributed by atoms with van der Waals surface area (Å²) in [5.41, 5.74) is 17.6. The molecule has 34 heteroatoms. The minimum absolute atomic E-state index is 0.0301. The molecule has 34 nitrogen and oxygen atoms in total. The number of amides is 9. The summed E-state index contributed by atoms with van der Waals surface area (Å²) in [7, 11) is 0. The lowest BCUT2D eigenvalue weighted by Crippen LogP contribution is -2.61. The molecule has 3 aromatic rings. The van der Waals surface area contributed by atoms with Crippen LogP contribution in [0, 0.1) is 0 Å². The molecule has 2 aromatic carbocycles. The van der Waals surface area contributed by atoms with E-state index in [9.17, 15) is 87.9 Å². The fourth-order valence-electron chi connectivity index (χ4n) is 7.70. The number of rotatable bonds is 37. The van der Waals surface area contributed by atoms with Gasteiger partial charge in [-0.15, -0.1) is 0 Å². The number of aromatic amines is 1. The lowest BCUT2D eigenvalue weighted by molar-refractivity contribution is -0.142. The van der Waals surface area contributed by atoms with Gasteiger partial charge in [0.25, 0.3) is 0 Å². The van der Waals surface area contributed by atoms with Gasteiger partial charge in [-0.05, 0) is 49.4 Å². The van der Waals surface area contributed by atoms with E-state index >= 15 is 0 Å². The lowest BCUT2D eigenvalue weighted by Gasteiger charge is -2.27. The number of aliphatic hydroxyl groups is 1. The normalized spacial score (nSPS) is 14.0. The number of aliphatic carboxylic acids is 4. The Morgan fingerprint density at radius 3 is 1.64 bits per heavy atom. The number of aromatic hydroxyl groups is 1. The molecule has 85 heavy (non-hydrogen) atoms. The molecule has 462 valence electrons. The van der Waals surface area contributed by atoms with E-state index in [2.05, 4.69) is 62.8 Å². The number of carbonyl (C=O) groups excluding carboxylic acids is 9. The van der Waals surface area contributed by atoms with Crippen molar-refractivity contribution in [2.24, 2.45) is 22.2 Å². The molecule has 0 aliphatic carbocycles. The van der Waals surface area contributed by atoms with E-state index in [0.29, 0.717) is 11.1 Å². The third kappa shape index (κ3) is 25.6. The van der Waals surface area contributed by atoms with Gasteiger partial charge in [-0.1, -0.05) is 42.5 Å². The zero-order valence-corrected chi connectivity index (χ0v) is 45.6. The smallest absolute Gasteiger partial charge is 0.326 e. The van der Waals surface area contributed by atoms with Crippen LogP contribution in [-0.2, 0) is 81.6 Å². The van der Waals surface area contributed by atoms with Crippen LogP contribution in [0.15, 0.2) is 72.1 Å². The van der Waals surface area contributed by atoms with E-state index in [4.69, 9.17) is 22.3 Å². The molecule has 0 saturated carbocycles. The maximum Gasteiger partial charge on any atom is 0.326 e. The topological polar surface area (TPSA) is 571 Å². The van der Waals surface area contributed by atoms with Crippen molar-refractivity contribution >= 4 is 83.0 Å². The quantitative estimate of drug-likeness (QED) is 0.0145. The number of aliphatic hydroxyl groups excluding tert-OH is 1. The number of benzene rings is 2. The number of carboxylic acids is 4. The number of nitrogens with two attached hydrogens (primary N) is 3. The number of guanidine groups is 1. The van der Waals surface area contributed by atoms with Crippen LogP contribution in [-0.4, -0.2) is 198 Å². The van der Waals surface area contributed by atoms with Crippen molar-refractivity contribution in [1.29, 1.82) is 0 Å². The van der Waals surface area contributed by atoms with Crippen molar-refractivity contribution in [3.63, 3.8) is 0 Å². The molecule has 0 radical (unpaired) electrons. The Bertz CT molecular complexity index is 2850. The molecular formula is C51H69N15O19. The molecule has 0 saturated heterocycles. The molecule has 0 spiro atoms. The van der Waals surface area contributed by atoms with Gasteiger partial charge in [0.15, 0.2) is 5.96 Å². The van der Waals surface area contributed by atoms with E-state index in [-0.39, 0.29) is 49.6 Å². The minimum atomic E-state index is -2.04. The van der Waals surface area contributed by atoms with Crippen LogP contribution in [0.3, 0.4) is 0 Å². The van der Waals surface area contributed by atoms with Gasteiger partial charge in [-0.2, -0.15) is 0 Å². The number of phenols is 1. The van der Waals surface area contributed by atoms with Crippen LogP contribution in [0.2, 0.25) is 0 Å². The highest BCUT2D eigenvalue weighted by atomic mass is 16.4. The number of aromatic nitrogens is 2. The Morgan fingerprint density at radius 2 is 1.08 bits per heavy atom. The minimum Gasteiger partial charge on any atom is -0.508 e. The highest BCUT2D eigenvalue weighted by molar-refractivity contribution is 5.99. The number of carbonyl (C=O) groups is 13. The second-order valence-electron chi connectivity index (χ2n) is 19.0. The van der Waals surface area contributed by atoms with E-state index in [0.717, 1.165) is 0 Å². The Morgan fingerprint density at radius 1 is 0.565 bits per heavy atom. The first-order valence-electron chi connectivity index (χ1n) is 25.9. The van der Waals surface area contributed by atoms with Crippen LogP contribution in [0.25, 0.3) is 0 Å². The fraction of sp³-hybridized carbons (Fsp3) is 0.431. The molecule has 22 N–H and O–H groups in total. The predicted octanol–water partition coefficient (Wildman–Crippen LogP) is -6.57. The Labute approximate surface area is 483 Å². The molecule has 9 atom stereocenters. The van der Waals surface area contributed by atoms with E-state index in [1.54, 1.807) is 30.3 Å². The number of hydrogen-bond donors (Lipinski definition) is 19. The molecule has 3 rings (SSSR count). The maximum atomic E-state index is 14.4. The zero-order valence-electron chi connectivity index (χ0n) is 45.6. The maximum absolute atomic E-state index is 14.4. The summed E-state index contributed by atoms with van der Waals surface area (Å²) in [5.74, 6) is -16.5.